The third-order valence-corrected chi connectivity index (χ3v) is 3.52. The Kier molecular flexibility index (Phi) is 4.92. The number of pyridine rings is 1. The first kappa shape index (κ1) is 14.7. The summed E-state index contributed by atoms with van der Waals surface area (Å²) in [4.78, 5) is 22.1. The van der Waals surface area contributed by atoms with Crippen LogP contribution in [0.1, 0.15) is 10.5 Å². The van der Waals surface area contributed by atoms with E-state index in [1.165, 1.54) is 4.90 Å². The molecule has 6 heteroatoms. The second-order valence-corrected chi connectivity index (χ2v) is 5.15. The fourth-order valence-corrected chi connectivity index (χ4v) is 2.33. The zero-order chi connectivity index (χ0) is 14.5. The number of carbonyl (C=O) groups is 1. The Morgan fingerprint density at radius 3 is 2.65 bits per heavy atom. The van der Waals surface area contributed by atoms with Crippen LogP contribution in [0.5, 0.6) is 0 Å². The van der Waals surface area contributed by atoms with E-state index in [1.54, 1.807) is 20.3 Å². The first-order valence-electron chi connectivity index (χ1n) is 6.87. The van der Waals surface area contributed by atoms with Gasteiger partial charge in [0, 0.05) is 58.7 Å². The minimum Gasteiger partial charge on any atom is -0.395 e. The molecule has 1 saturated heterocycles. The standard InChI is InChI=1S/C14H22N4O2/c1-16(2)14(20)13-11-12(3-4-15-13)18-7-5-17(6-8-18)9-10-19/h3-4,11,19H,5-10H2,1-2H3. The Morgan fingerprint density at radius 2 is 2.05 bits per heavy atom. The smallest absolute Gasteiger partial charge is 0.272 e. The summed E-state index contributed by atoms with van der Waals surface area (Å²) in [6.45, 7) is 4.60. The number of hydrogen-bond acceptors (Lipinski definition) is 5. The first-order chi connectivity index (χ1) is 9.61. The SMILES string of the molecule is CN(C)C(=O)c1cc(N2CCN(CCO)CC2)ccn1. The molecule has 1 amide bonds. The van der Waals surface area contributed by atoms with Crippen molar-refractivity contribution in [2.75, 3.05) is 58.3 Å². The van der Waals surface area contributed by atoms with Crippen LogP contribution in [0.2, 0.25) is 0 Å². The van der Waals surface area contributed by atoms with Crippen LogP contribution in [-0.2, 0) is 0 Å². The van der Waals surface area contributed by atoms with Crippen LogP contribution < -0.4 is 4.90 Å². The fraction of sp³-hybridized carbons (Fsp3) is 0.571. The van der Waals surface area contributed by atoms with Gasteiger partial charge in [-0.05, 0) is 12.1 Å². The maximum absolute atomic E-state index is 11.9. The van der Waals surface area contributed by atoms with Crippen LogP contribution in [0.4, 0.5) is 5.69 Å². The predicted octanol–water partition coefficient (Wildman–Crippen LogP) is -0.102. The summed E-state index contributed by atoms with van der Waals surface area (Å²) < 4.78 is 0. The van der Waals surface area contributed by atoms with Gasteiger partial charge in [0.15, 0.2) is 0 Å². The lowest BCUT2D eigenvalue weighted by Gasteiger charge is -2.35. The van der Waals surface area contributed by atoms with Gasteiger partial charge in [-0.2, -0.15) is 0 Å². The lowest BCUT2D eigenvalue weighted by molar-refractivity contribution is 0.0822. The van der Waals surface area contributed by atoms with Gasteiger partial charge in [0.05, 0.1) is 6.61 Å². The third kappa shape index (κ3) is 3.46. The number of β-amino-alcohol motifs (C(OH)–C–C–N with tert-alkyl or cyclic N) is 1. The molecule has 20 heavy (non-hydrogen) atoms. The van der Waals surface area contributed by atoms with E-state index in [2.05, 4.69) is 14.8 Å². The molecule has 1 aromatic heterocycles. The van der Waals surface area contributed by atoms with Gasteiger partial charge in [-0.1, -0.05) is 0 Å². The van der Waals surface area contributed by atoms with E-state index in [-0.39, 0.29) is 12.5 Å². The van der Waals surface area contributed by atoms with Gasteiger partial charge in [-0.15, -0.1) is 0 Å². The molecule has 1 aliphatic rings. The van der Waals surface area contributed by atoms with E-state index < -0.39 is 0 Å². The van der Waals surface area contributed by atoms with Crippen molar-refractivity contribution in [1.29, 1.82) is 0 Å². The van der Waals surface area contributed by atoms with Crippen molar-refractivity contribution in [2.24, 2.45) is 0 Å². The van der Waals surface area contributed by atoms with Crippen molar-refractivity contribution in [3.8, 4) is 0 Å². The number of hydrogen-bond donors (Lipinski definition) is 1. The lowest BCUT2D eigenvalue weighted by atomic mass is 10.2. The minimum absolute atomic E-state index is 0.0780. The van der Waals surface area contributed by atoms with Gasteiger partial charge in [-0.25, -0.2) is 0 Å². The van der Waals surface area contributed by atoms with Crippen LogP contribution in [-0.4, -0.2) is 79.2 Å². The Balaban J connectivity index is 2.03. The number of aromatic nitrogens is 1. The number of piperazine rings is 1. The van der Waals surface area contributed by atoms with Gasteiger partial charge in [-0.3, -0.25) is 14.7 Å². The van der Waals surface area contributed by atoms with Crippen LogP contribution in [0.15, 0.2) is 18.3 Å². The van der Waals surface area contributed by atoms with Crippen molar-refractivity contribution in [3.05, 3.63) is 24.0 Å². The highest BCUT2D eigenvalue weighted by Gasteiger charge is 2.18. The quantitative estimate of drug-likeness (QED) is 0.833. The van der Waals surface area contributed by atoms with Gasteiger partial charge in [0.2, 0.25) is 0 Å². The van der Waals surface area contributed by atoms with E-state index in [0.29, 0.717) is 5.69 Å². The van der Waals surface area contributed by atoms with Crippen LogP contribution in [0.25, 0.3) is 0 Å². The van der Waals surface area contributed by atoms with Gasteiger partial charge < -0.3 is 14.9 Å². The van der Waals surface area contributed by atoms with Crippen LogP contribution in [0, 0.1) is 0 Å². The monoisotopic (exact) mass is 278 g/mol. The molecule has 0 saturated carbocycles. The summed E-state index contributed by atoms with van der Waals surface area (Å²) >= 11 is 0. The molecule has 0 unspecified atom stereocenters. The lowest BCUT2D eigenvalue weighted by Crippen LogP contribution is -2.47. The summed E-state index contributed by atoms with van der Waals surface area (Å²) in [7, 11) is 3.45. The zero-order valence-corrected chi connectivity index (χ0v) is 12.1. The Bertz CT molecular complexity index is 456. The summed E-state index contributed by atoms with van der Waals surface area (Å²) in [5, 5.41) is 8.95. The number of nitrogens with zero attached hydrogens (tertiary/aromatic N) is 4. The third-order valence-electron chi connectivity index (χ3n) is 3.52. The van der Waals surface area contributed by atoms with Crippen LogP contribution >= 0.6 is 0 Å². The summed E-state index contributed by atoms with van der Waals surface area (Å²) in [6.07, 6.45) is 1.69. The Labute approximate surface area is 119 Å². The van der Waals surface area contributed by atoms with E-state index in [0.717, 1.165) is 38.4 Å². The van der Waals surface area contributed by atoms with Gasteiger partial charge in [0.25, 0.3) is 5.91 Å². The molecule has 2 heterocycles. The number of amides is 1. The molecule has 2 rings (SSSR count). The average Bonchev–Trinajstić information content (AvgIpc) is 2.47. The van der Waals surface area contributed by atoms with E-state index >= 15 is 0 Å². The van der Waals surface area contributed by atoms with Crippen molar-refractivity contribution in [1.82, 2.24) is 14.8 Å². The fourth-order valence-electron chi connectivity index (χ4n) is 2.33. The largest absolute Gasteiger partial charge is 0.395 e. The second kappa shape index (κ2) is 6.67. The zero-order valence-electron chi connectivity index (χ0n) is 12.1. The van der Waals surface area contributed by atoms with Crippen molar-refractivity contribution < 1.29 is 9.90 Å². The maximum Gasteiger partial charge on any atom is 0.272 e. The molecule has 1 fully saturated rings. The number of anilines is 1. The molecule has 1 N–H and O–H groups in total. The molecular formula is C14H22N4O2. The Hall–Kier alpha value is -1.66. The number of aliphatic hydroxyl groups excluding tert-OH is 1. The maximum atomic E-state index is 11.9. The molecule has 1 aliphatic heterocycles. The van der Waals surface area contributed by atoms with Crippen LogP contribution in [0.3, 0.4) is 0 Å². The number of carbonyl (C=O) groups excluding carboxylic acids is 1. The molecule has 0 radical (unpaired) electrons. The summed E-state index contributed by atoms with van der Waals surface area (Å²) in [6, 6.07) is 3.79. The van der Waals surface area contributed by atoms with E-state index in [9.17, 15) is 4.79 Å². The Morgan fingerprint density at radius 1 is 1.35 bits per heavy atom. The molecule has 1 aromatic rings. The molecule has 0 bridgehead atoms. The minimum atomic E-state index is -0.0780. The molecule has 0 atom stereocenters. The molecule has 110 valence electrons. The van der Waals surface area contributed by atoms with Gasteiger partial charge in [0.1, 0.15) is 5.69 Å². The highest BCUT2D eigenvalue weighted by atomic mass is 16.3. The second-order valence-electron chi connectivity index (χ2n) is 5.15. The van der Waals surface area contributed by atoms with E-state index in [1.807, 2.05) is 12.1 Å². The normalized spacial score (nSPS) is 16.2. The highest BCUT2D eigenvalue weighted by molar-refractivity contribution is 5.92. The topological polar surface area (TPSA) is 59.9 Å². The summed E-state index contributed by atoms with van der Waals surface area (Å²) in [5.74, 6) is -0.0780. The molecule has 0 aromatic carbocycles. The molecule has 6 nitrogen and oxygen atoms in total. The van der Waals surface area contributed by atoms with Gasteiger partial charge >= 0.3 is 0 Å². The molecule has 0 aliphatic carbocycles. The number of rotatable bonds is 4. The molecular weight excluding hydrogens is 256 g/mol. The van der Waals surface area contributed by atoms with Crippen molar-refractivity contribution >= 4 is 11.6 Å². The van der Waals surface area contributed by atoms with Crippen molar-refractivity contribution in [2.45, 2.75) is 0 Å². The van der Waals surface area contributed by atoms with Crippen molar-refractivity contribution in [3.63, 3.8) is 0 Å². The average molecular weight is 278 g/mol. The predicted molar refractivity (Wildman–Crippen MR) is 78.0 cm³/mol. The first-order valence-corrected chi connectivity index (χ1v) is 6.87. The molecule has 0 spiro atoms. The highest BCUT2D eigenvalue weighted by Crippen LogP contribution is 2.17. The van der Waals surface area contributed by atoms with E-state index in [4.69, 9.17) is 5.11 Å². The summed E-state index contributed by atoms with van der Waals surface area (Å²) in [5.41, 5.74) is 1.51. The number of aliphatic hydroxyl groups is 1.